The van der Waals surface area contributed by atoms with Gasteiger partial charge in [0.05, 0.1) is 31.1 Å². The molecule has 8 aromatic rings. The SMILES string of the molecule is C[Si](C)(C)c1ccc(N(c2cccc(C#N)c2)c2ccc3ccc4c(N(c5ccccc5)c5ccccc5)ccc5ccc2c3c54)cc1. The second-order valence-electron chi connectivity index (χ2n) is 13.4. The summed E-state index contributed by atoms with van der Waals surface area (Å²) in [6.07, 6.45) is 0. The predicted molar refractivity (Wildman–Crippen MR) is 207 cm³/mol. The maximum Gasteiger partial charge on any atom is 0.0992 e. The first-order valence-corrected chi connectivity index (χ1v) is 19.9. The van der Waals surface area contributed by atoms with Crippen LogP contribution in [0.25, 0.3) is 32.3 Å². The largest absolute Gasteiger partial charge is 0.310 e. The van der Waals surface area contributed by atoms with E-state index in [-0.39, 0.29) is 0 Å². The van der Waals surface area contributed by atoms with Crippen molar-refractivity contribution in [3.05, 3.63) is 163 Å². The molecule has 0 atom stereocenters. The zero-order chi connectivity index (χ0) is 32.8. The van der Waals surface area contributed by atoms with Crippen molar-refractivity contribution in [1.82, 2.24) is 0 Å². The zero-order valence-corrected chi connectivity index (χ0v) is 28.4. The van der Waals surface area contributed by atoms with E-state index in [0.29, 0.717) is 5.56 Å². The number of rotatable bonds is 7. The van der Waals surface area contributed by atoms with Gasteiger partial charge in [0.15, 0.2) is 0 Å². The van der Waals surface area contributed by atoms with Crippen LogP contribution in [-0.2, 0) is 0 Å². The Morgan fingerprint density at radius 3 is 1.42 bits per heavy atom. The van der Waals surface area contributed by atoms with E-state index in [1.54, 1.807) is 0 Å². The Labute approximate surface area is 282 Å². The van der Waals surface area contributed by atoms with E-state index < -0.39 is 8.07 Å². The Morgan fingerprint density at radius 2 is 0.917 bits per heavy atom. The number of hydrogen-bond donors (Lipinski definition) is 0. The lowest BCUT2D eigenvalue weighted by Crippen LogP contribution is -2.37. The van der Waals surface area contributed by atoms with E-state index in [1.165, 1.54) is 37.5 Å². The molecule has 0 saturated carbocycles. The Bertz CT molecular complexity index is 2400. The highest BCUT2D eigenvalue weighted by molar-refractivity contribution is 6.88. The number of hydrogen-bond acceptors (Lipinski definition) is 3. The van der Waals surface area contributed by atoms with E-state index >= 15 is 0 Å². The fourth-order valence-corrected chi connectivity index (χ4v) is 8.16. The molecule has 0 amide bonds. The van der Waals surface area contributed by atoms with Gasteiger partial charge in [-0.25, -0.2) is 0 Å². The molecule has 0 saturated heterocycles. The van der Waals surface area contributed by atoms with Gasteiger partial charge >= 0.3 is 0 Å². The monoisotopic (exact) mass is 633 g/mol. The molecule has 3 nitrogen and oxygen atoms in total. The molecule has 0 aromatic heterocycles. The van der Waals surface area contributed by atoms with Crippen LogP contribution in [0.2, 0.25) is 19.6 Å². The number of nitrogens with zero attached hydrogens (tertiary/aromatic N) is 3. The normalized spacial score (nSPS) is 11.6. The van der Waals surface area contributed by atoms with Crippen molar-refractivity contribution in [3.63, 3.8) is 0 Å². The van der Waals surface area contributed by atoms with Gasteiger partial charge in [0.1, 0.15) is 0 Å². The second kappa shape index (κ2) is 11.7. The van der Waals surface area contributed by atoms with Gasteiger partial charge in [-0.1, -0.05) is 116 Å². The summed E-state index contributed by atoms with van der Waals surface area (Å²) in [5, 5.41) is 18.5. The molecule has 8 rings (SSSR count). The van der Waals surface area contributed by atoms with Gasteiger partial charge in [-0.2, -0.15) is 5.26 Å². The summed E-state index contributed by atoms with van der Waals surface area (Å²) < 4.78 is 0. The molecule has 48 heavy (non-hydrogen) atoms. The Morgan fingerprint density at radius 1 is 0.458 bits per heavy atom. The highest BCUT2D eigenvalue weighted by atomic mass is 28.3. The molecule has 0 fully saturated rings. The number of anilines is 6. The van der Waals surface area contributed by atoms with Crippen LogP contribution in [0.15, 0.2) is 158 Å². The van der Waals surface area contributed by atoms with Gasteiger partial charge in [0, 0.05) is 33.5 Å². The Balaban J connectivity index is 1.39. The smallest absolute Gasteiger partial charge is 0.0992 e. The minimum absolute atomic E-state index is 0.639. The molecule has 0 spiro atoms. The summed E-state index contributed by atoms with van der Waals surface area (Å²) in [6, 6.07) is 58.6. The molecule has 0 N–H and O–H groups in total. The summed E-state index contributed by atoms with van der Waals surface area (Å²) in [5.41, 5.74) is 7.13. The average Bonchev–Trinajstić information content (AvgIpc) is 3.12. The van der Waals surface area contributed by atoms with E-state index in [2.05, 4.69) is 175 Å². The van der Waals surface area contributed by atoms with Gasteiger partial charge in [0.2, 0.25) is 0 Å². The maximum atomic E-state index is 9.84. The van der Waals surface area contributed by atoms with Gasteiger partial charge in [-0.3, -0.25) is 0 Å². The van der Waals surface area contributed by atoms with E-state index in [0.717, 1.165) is 34.1 Å². The number of nitriles is 1. The van der Waals surface area contributed by atoms with Gasteiger partial charge in [-0.15, -0.1) is 0 Å². The minimum atomic E-state index is -1.48. The van der Waals surface area contributed by atoms with Crippen LogP contribution in [0.1, 0.15) is 5.56 Å². The van der Waals surface area contributed by atoms with Gasteiger partial charge in [0.25, 0.3) is 0 Å². The first kappa shape index (κ1) is 29.5. The van der Waals surface area contributed by atoms with Crippen LogP contribution < -0.4 is 15.0 Å². The van der Waals surface area contributed by atoms with Gasteiger partial charge < -0.3 is 9.80 Å². The van der Waals surface area contributed by atoms with Crippen molar-refractivity contribution in [2.24, 2.45) is 0 Å². The minimum Gasteiger partial charge on any atom is -0.310 e. The van der Waals surface area contributed by atoms with E-state index in [4.69, 9.17) is 0 Å². The summed E-state index contributed by atoms with van der Waals surface area (Å²) in [6.45, 7) is 7.13. The summed E-state index contributed by atoms with van der Waals surface area (Å²) in [4.78, 5) is 4.66. The second-order valence-corrected chi connectivity index (χ2v) is 18.5. The molecule has 0 bridgehead atoms. The fourth-order valence-electron chi connectivity index (χ4n) is 6.99. The maximum absolute atomic E-state index is 9.84. The van der Waals surface area contributed by atoms with Crippen LogP contribution >= 0.6 is 0 Å². The van der Waals surface area contributed by atoms with Crippen LogP contribution in [0.4, 0.5) is 34.1 Å². The molecule has 0 radical (unpaired) electrons. The molecular formula is C44H35N3Si. The zero-order valence-electron chi connectivity index (χ0n) is 27.4. The van der Waals surface area contributed by atoms with E-state index in [9.17, 15) is 5.26 Å². The summed E-state index contributed by atoms with van der Waals surface area (Å²) >= 11 is 0. The van der Waals surface area contributed by atoms with Crippen LogP contribution in [0.3, 0.4) is 0 Å². The van der Waals surface area contributed by atoms with Crippen molar-refractivity contribution in [2.75, 3.05) is 9.80 Å². The van der Waals surface area contributed by atoms with Crippen LogP contribution in [0, 0.1) is 11.3 Å². The summed E-state index contributed by atoms with van der Waals surface area (Å²) in [5.74, 6) is 0. The third-order valence-electron chi connectivity index (χ3n) is 9.35. The third-order valence-corrected chi connectivity index (χ3v) is 11.4. The summed E-state index contributed by atoms with van der Waals surface area (Å²) in [7, 11) is -1.48. The first-order valence-electron chi connectivity index (χ1n) is 16.4. The third kappa shape index (κ3) is 5.06. The van der Waals surface area contributed by atoms with Gasteiger partial charge in [-0.05, 0) is 88.3 Å². The topological polar surface area (TPSA) is 30.3 Å². The van der Waals surface area contributed by atoms with Crippen LogP contribution in [0.5, 0.6) is 0 Å². The molecule has 0 aliphatic rings. The van der Waals surface area contributed by atoms with Crippen molar-refractivity contribution < 1.29 is 0 Å². The molecule has 230 valence electrons. The predicted octanol–water partition coefficient (Wildman–Crippen LogP) is 11.9. The molecule has 0 aliphatic carbocycles. The van der Waals surface area contributed by atoms with Crippen molar-refractivity contribution >= 4 is 79.7 Å². The highest BCUT2D eigenvalue weighted by Crippen LogP contribution is 2.47. The van der Waals surface area contributed by atoms with Crippen molar-refractivity contribution in [2.45, 2.75) is 19.6 Å². The molecule has 0 heterocycles. The lowest BCUT2D eigenvalue weighted by Gasteiger charge is -2.29. The Kier molecular flexibility index (Phi) is 7.21. The lowest BCUT2D eigenvalue weighted by atomic mass is 9.91. The van der Waals surface area contributed by atoms with E-state index in [1.807, 2.05) is 18.2 Å². The van der Waals surface area contributed by atoms with Crippen LogP contribution in [-0.4, -0.2) is 8.07 Å². The standard InChI is InChI=1S/C44H35N3Si/c1-48(2,3)38-23-21-36(22-24-38)47(37-16-10-11-31(29-37)30-45)42-28-20-33-17-25-39-41(27-19-32-18-26-40(42)44(33)43(32)39)46(34-12-6-4-7-13-34)35-14-8-5-9-15-35/h4-29H,1-3H3. The molecular weight excluding hydrogens is 599 g/mol. The average molecular weight is 634 g/mol. The number of benzene rings is 8. The fraction of sp³-hybridized carbons (Fsp3) is 0.0682. The molecule has 8 aromatic carbocycles. The first-order chi connectivity index (χ1) is 23.4. The molecule has 0 aliphatic heterocycles. The quantitative estimate of drug-likeness (QED) is 0.129. The molecule has 4 heteroatoms. The van der Waals surface area contributed by atoms with Crippen molar-refractivity contribution in [1.29, 1.82) is 5.26 Å². The highest BCUT2D eigenvalue weighted by Gasteiger charge is 2.22. The molecule has 0 unspecified atom stereocenters. The number of para-hydroxylation sites is 2. The Hall–Kier alpha value is -5.89. The lowest BCUT2D eigenvalue weighted by molar-refractivity contribution is 1.29. The van der Waals surface area contributed by atoms with Crippen molar-refractivity contribution in [3.8, 4) is 6.07 Å².